The smallest absolute Gasteiger partial charge is 0.130 e. The van der Waals surface area contributed by atoms with Crippen LogP contribution < -0.4 is 9.64 Å². The van der Waals surface area contributed by atoms with Gasteiger partial charge in [0.25, 0.3) is 0 Å². The van der Waals surface area contributed by atoms with Gasteiger partial charge in [-0.2, -0.15) is 0 Å². The van der Waals surface area contributed by atoms with Crippen LogP contribution in [0.2, 0.25) is 0 Å². The summed E-state index contributed by atoms with van der Waals surface area (Å²) in [7, 11) is 0. The van der Waals surface area contributed by atoms with Crippen LogP contribution in [0.4, 0.5) is 11.4 Å². The molecule has 2 atom stereocenters. The van der Waals surface area contributed by atoms with E-state index in [1.54, 1.807) is 0 Å². The summed E-state index contributed by atoms with van der Waals surface area (Å²) >= 11 is 0. The van der Waals surface area contributed by atoms with Crippen LogP contribution >= 0.6 is 0 Å². The van der Waals surface area contributed by atoms with Crippen molar-refractivity contribution < 1.29 is 4.74 Å². The van der Waals surface area contributed by atoms with Crippen LogP contribution in [-0.4, -0.2) is 6.10 Å². The second-order valence-corrected chi connectivity index (χ2v) is 12.5. The molecule has 2 aliphatic carbocycles. The number of fused-ring (bicyclic) bond motifs is 9. The first kappa shape index (κ1) is 24.5. The molecule has 9 rings (SSSR count). The van der Waals surface area contributed by atoms with E-state index in [4.69, 9.17) is 4.74 Å². The predicted molar refractivity (Wildman–Crippen MR) is 177 cm³/mol. The minimum atomic E-state index is -0.0851. The molecular formula is C41H31NO. The zero-order valence-electron chi connectivity index (χ0n) is 24.3. The van der Waals surface area contributed by atoms with Gasteiger partial charge in [0.1, 0.15) is 11.9 Å². The molecule has 0 radical (unpaired) electrons. The standard InChI is InChI=1S/C41H31NO/c1-41(2)35-19-11-10-16-30(35)31-21-20-29(24-36(31)41)42(28-14-4-3-5-15-28)37-25-39-40(33-18-9-8-17-32(33)37)34-22-26-12-6-7-13-27(26)23-38(34)43-39/h3-25,39-40H,1-2H3. The number of ether oxygens (including phenoxy) is 1. The van der Waals surface area contributed by atoms with Gasteiger partial charge in [0, 0.05) is 27.9 Å². The molecule has 1 aliphatic heterocycles. The molecule has 1 heterocycles. The zero-order chi connectivity index (χ0) is 28.7. The van der Waals surface area contributed by atoms with Crippen molar-refractivity contribution in [3.63, 3.8) is 0 Å². The third-order valence-electron chi connectivity index (χ3n) is 9.78. The molecule has 2 heteroatoms. The van der Waals surface area contributed by atoms with E-state index in [0.717, 1.165) is 22.8 Å². The van der Waals surface area contributed by atoms with E-state index in [1.807, 2.05) is 0 Å². The van der Waals surface area contributed by atoms with Gasteiger partial charge in [-0.3, -0.25) is 0 Å². The third kappa shape index (κ3) is 3.53. The number of nitrogens with zero attached hydrogens (tertiary/aromatic N) is 1. The van der Waals surface area contributed by atoms with Crippen LogP contribution in [0, 0.1) is 0 Å². The first-order valence-corrected chi connectivity index (χ1v) is 15.2. The van der Waals surface area contributed by atoms with Crippen LogP contribution in [0.3, 0.4) is 0 Å². The number of hydrogen-bond donors (Lipinski definition) is 0. The maximum Gasteiger partial charge on any atom is 0.130 e. The van der Waals surface area contributed by atoms with Gasteiger partial charge in [-0.25, -0.2) is 0 Å². The molecule has 0 spiro atoms. The quantitative estimate of drug-likeness (QED) is 0.216. The minimum absolute atomic E-state index is 0.0769. The fraction of sp³-hybridized carbons (Fsp3) is 0.122. The van der Waals surface area contributed by atoms with Gasteiger partial charge in [-0.05, 0) is 81.1 Å². The van der Waals surface area contributed by atoms with Gasteiger partial charge >= 0.3 is 0 Å². The highest BCUT2D eigenvalue weighted by Crippen LogP contribution is 2.53. The Balaban J connectivity index is 1.24. The molecular weight excluding hydrogens is 522 g/mol. The fourth-order valence-electron chi connectivity index (χ4n) is 7.73. The molecule has 2 nitrogen and oxygen atoms in total. The van der Waals surface area contributed by atoms with E-state index in [1.165, 1.54) is 49.7 Å². The van der Waals surface area contributed by atoms with Crippen molar-refractivity contribution in [2.24, 2.45) is 0 Å². The Hall–Kier alpha value is -5.08. The predicted octanol–water partition coefficient (Wildman–Crippen LogP) is 10.2. The molecule has 43 heavy (non-hydrogen) atoms. The van der Waals surface area contributed by atoms with Crippen LogP contribution in [0.15, 0.2) is 140 Å². The van der Waals surface area contributed by atoms with E-state index in [2.05, 4.69) is 158 Å². The average Bonchev–Trinajstić information content (AvgIpc) is 3.52. The Bertz CT molecular complexity index is 2100. The average molecular weight is 554 g/mol. The fourth-order valence-corrected chi connectivity index (χ4v) is 7.73. The van der Waals surface area contributed by atoms with Crippen molar-refractivity contribution in [1.29, 1.82) is 0 Å². The van der Waals surface area contributed by atoms with Crippen molar-refractivity contribution in [2.45, 2.75) is 31.3 Å². The first-order chi connectivity index (χ1) is 21.1. The molecule has 0 N–H and O–H groups in total. The number of benzene rings is 6. The van der Waals surface area contributed by atoms with Gasteiger partial charge in [0.2, 0.25) is 0 Å². The summed E-state index contributed by atoms with van der Waals surface area (Å²) in [5.74, 6) is 1.15. The number of anilines is 2. The van der Waals surface area contributed by atoms with Gasteiger partial charge in [0.05, 0.1) is 11.6 Å². The SMILES string of the molecule is CC1(C)c2ccccc2-c2ccc(N(C3=CC4Oc5cc6ccccc6cc5C4c4ccccc43)c3ccccc3)cc21. The molecule has 0 fully saturated rings. The van der Waals surface area contributed by atoms with E-state index in [0.29, 0.717) is 0 Å². The lowest BCUT2D eigenvalue weighted by Crippen LogP contribution is -2.28. The summed E-state index contributed by atoms with van der Waals surface area (Å²) < 4.78 is 6.77. The maximum atomic E-state index is 6.77. The van der Waals surface area contributed by atoms with E-state index >= 15 is 0 Å². The Morgan fingerprint density at radius 3 is 2.07 bits per heavy atom. The summed E-state index contributed by atoms with van der Waals surface area (Å²) in [6.07, 6.45) is 2.27. The van der Waals surface area contributed by atoms with Crippen molar-refractivity contribution in [1.82, 2.24) is 0 Å². The lowest BCUT2D eigenvalue weighted by molar-refractivity contribution is 0.266. The molecule has 6 aromatic carbocycles. The molecule has 0 amide bonds. The number of rotatable bonds is 3. The molecule has 2 unspecified atom stereocenters. The van der Waals surface area contributed by atoms with Crippen LogP contribution in [0.25, 0.3) is 27.6 Å². The molecule has 0 saturated heterocycles. The van der Waals surface area contributed by atoms with Crippen molar-refractivity contribution >= 4 is 27.8 Å². The van der Waals surface area contributed by atoms with E-state index < -0.39 is 0 Å². The highest BCUT2D eigenvalue weighted by molar-refractivity contribution is 5.93. The Labute approximate surface area is 252 Å². The monoisotopic (exact) mass is 553 g/mol. The van der Waals surface area contributed by atoms with Gasteiger partial charge in [0.15, 0.2) is 0 Å². The highest BCUT2D eigenvalue weighted by Gasteiger charge is 2.41. The minimum Gasteiger partial charge on any atom is -0.485 e. The van der Waals surface area contributed by atoms with Gasteiger partial charge < -0.3 is 9.64 Å². The molecule has 0 bridgehead atoms. The molecule has 6 aromatic rings. The normalized spacial score (nSPS) is 18.5. The number of hydrogen-bond acceptors (Lipinski definition) is 2. The summed E-state index contributed by atoms with van der Waals surface area (Å²) in [6, 6.07) is 48.6. The summed E-state index contributed by atoms with van der Waals surface area (Å²) in [5.41, 5.74) is 12.6. The summed E-state index contributed by atoms with van der Waals surface area (Å²) in [6.45, 7) is 4.70. The van der Waals surface area contributed by atoms with Gasteiger partial charge in [-0.1, -0.05) is 111 Å². The number of para-hydroxylation sites is 1. The first-order valence-electron chi connectivity index (χ1n) is 15.2. The maximum absolute atomic E-state index is 6.77. The third-order valence-corrected chi connectivity index (χ3v) is 9.78. The molecule has 206 valence electrons. The highest BCUT2D eigenvalue weighted by atomic mass is 16.5. The second kappa shape index (κ2) is 8.96. The zero-order valence-corrected chi connectivity index (χ0v) is 24.3. The van der Waals surface area contributed by atoms with Crippen molar-refractivity contribution in [3.05, 3.63) is 167 Å². The largest absolute Gasteiger partial charge is 0.485 e. The Morgan fingerprint density at radius 2 is 1.23 bits per heavy atom. The lowest BCUT2D eigenvalue weighted by atomic mass is 9.79. The van der Waals surface area contributed by atoms with Gasteiger partial charge in [-0.15, -0.1) is 0 Å². The summed E-state index contributed by atoms with van der Waals surface area (Å²) in [5, 5.41) is 2.47. The van der Waals surface area contributed by atoms with Crippen LogP contribution in [0.1, 0.15) is 47.6 Å². The van der Waals surface area contributed by atoms with Crippen LogP contribution in [-0.2, 0) is 5.41 Å². The molecule has 0 saturated carbocycles. The van der Waals surface area contributed by atoms with Crippen LogP contribution in [0.5, 0.6) is 5.75 Å². The molecule has 0 aromatic heterocycles. The van der Waals surface area contributed by atoms with E-state index in [-0.39, 0.29) is 17.4 Å². The van der Waals surface area contributed by atoms with E-state index in [9.17, 15) is 0 Å². The second-order valence-electron chi connectivity index (χ2n) is 12.5. The van der Waals surface area contributed by atoms with Crippen molar-refractivity contribution in [2.75, 3.05) is 4.90 Å². The van der Waals surface area contributed by atoms with Crippen molar-refractivity contribution in [3.8, 4) is 16.9 Å². The molecule has 3 aliphatic rings. The Kier molecular flexibility index (Phi) is 5.11. The summed E-state index contributed by atoms with van der Waals surface area (Å²) in [4.78, 5) is 2.43. The Morgan fingerprint density at radius 1 is 0.558 bits per heavy atom. The lowest BCUT2D eigenvalue weighted by Gasteiger charge is -2.35. The topological polar surface area (TPSA) is 12.5 Å².